The molecule has 0 spiro atoms. The molecule has 2 aromatic heterocycles. The number of hydrogen-bond acceptors (Lipinski definition) is 7. The molecule has 1 saturated carbocycles. The zero-order chi connectivity index (χ0) is 22.6. The van der Waals surface area contributed by atoms with Crippen LogP contribution in [0.25, 0.3) is 11.0 Å². The standard InChI is InChI=1S/C21H22F3N5O3/c22-12-7-29(21-16(12)20(25)27-8-28-21)13-5-15(18(31)17(13)30)32-14-4-10(19(23)24)3-9-1-2-26-6-11(9)14/h3-4,7-8,13,15,17-19,26,30-31H,1-2,5-6H2,(H2,25,27,28). The molecule has 2 aliphatic rings. The Bertz CT molecular complexity index is 1170. The van der Waals surface area contributed by atoms with Crippen molar-refractivity contribution in [3.05, 3.63) is 47.2 Å². The molecule has 1 aliphatic carbocycles. The number of aromatic nitrogens is 3. The predicted octanol–water partition coefficient (Wildman–Crippen LogP) is 1.85. The van der Waals surface area contributed by atoms with Gasteiger partial charge in [-0.15, -0.1) is 0 Å². The molecule has 1 aromatic carbocycles. The number of aliphatic hydroxyl groups is 2. The third-order valence-corrected chi connectivity index (χ3v) is 6.28. The third-order valence-electron chi connectivity index (χ3n) is 6.28. The van der Waals surface area contributed by atoms with Gasteiger partial charge in [-0.2, -0.15) is 0 Å². The minimum Gasteiger partial charge on any atom is -0.487 e. The smallest absolute Gasteiger partial charge is 0.263 e. The van der Waals surface area contributed by atoms with Gasteiger partial charge in [0.15, 0.2) is 5.82 Å². The SMILES string of the molecule is Nc1ncnc2c1c(F)cn2C1CC(Oc2cc(C(F)F)cc3c2CNCC3)C(O)C1O. The van der Waals surface area contributed by atoms with Crippen LogP contribution in [0.1, 0.15) is 35.6 Å². The van der Waals surface area contributed by atoms with E-state index in [1.54, 1.807) is 0 Å². The average molecular weight is 449 g/mol. The first-order valence-corrected chi connectivity index (χ1v) is 10.3. The van der Waals surface area contributed by atoms with Gasteiger partial charge in [-0.05, 0) is 30.7 Å². The van der Waals surface area contributed by atoms with Gasteiger partial charge >= 0.3 is 0 Å². The summed E-state index contributed by atoms with van der Waals surface area (Å²) in [6.07, 6.45) is -3.13. The lowest BCUT2D eigenvalue weighted by Gasteiger charge is -2.25. The zero-order valence-corrected chi connectivity index (χ0v) is 16.9. The summed E-state index contributed by atoms with van der Waals surface area (Å²) in [5, 5.41) is 24.6. The maximum atomic E-state index is 14.5. The normalized spacial score (nSPS) is 25.4. The van der Waals surface area contributed by atoms with Crippen molar-refractivity contribution < 1.29 is 28.1 Å². The van der Waals surface area contributed by atoms with E-state index in [0.717, 1.165) is 17.3 Å². The summed E-state index contributed by atoms with van der Waals surface area (Å²) in [6.45, 7) is 1.12. The van der Waals surface area contributed by atoms with E-state index in [4.69, 9.17) is 10.5 Å². The summed E-state index contributed by atoms with van der Waals surface area (Å²) in [5.41, 5.74) is 7.31. The quantitative estimate of drug-likeness (QED) is 0.480. The number of aliphatic hydroxyl groups excluding tert-OH is 2. The Hall–Kier alpha value is -2.89. The fourth-order valence-corrected chi connectivity index (χ4v) is 4.66. The highest BCUT2D eigenvalue weighted by Crippen LogP contribution is 2.39. The van der Waals surface area contributed by atoms with E-state index in [0.29, 0.717) is 19.5 Å². The van der Waals surface area contributed by atoms with Crippen LogP contribution in [0.3, 0.4) is 0 Å². The largest absolute Gasteiger partial charge is 0.487 e. The average Bonchev–Trinajstić information content (AvgIpc) is 3.25. The Labute approximate surface area is 180 Å². The van der Waals surface area contributed by atoms with E-state index in [1.165, 1.54) is 23.0 Å². The van der Waals surface area contributed by atoms with Crippen molar-refractivity contribution in [2.24, 2.45) is 0 Å². The fraction of sp³-hybridized carbons (Fsp3) is 0.429. The summed E-state index contributed by atoms with van der Waals surface area (Å²) >= 11 is 0. The van der Waals surface area contributed by atoms with Gasteiger partial charge in [0.1, 0.15) is 41.9 Å². The first-order valence-electron chi connectivity index (χ1n) is 10.3. The van der Waals surface area contributed by atoms with Gasteiger partial charge in [-0.3, -0.25) is 0 Å². The molecule has 1 aliphatic heterocycles. The molecule has 0 radical (unpaired) electrons. The molecular weight excluding hydrogens is 427 g/mol. The van der Waals surface area contributed by atoms with Gasteiger partial charge in [-0.25, -0.2) is 23.1 Å². The number of nitrogens with two attached hydrogens (primary N) is 1. The van der Waals surface area contributed by atoms with Gasteiger partial charge < -0.3 is 30.6 Å². The van der Waals surface area contributed by atoms with Crippen molar-refractivity contribution in [3.63, 3.8) is 0 Å². The molecule has 8 nitrogen and oxygen atoms in total. The number of fused-ring (bicyclic) bond motifs is 2. The lowest BCUT2D eigenvalue weighted by atomic mass is 9.97. The van der Waals surface area contributed by atoms with Crippen molar-refractivity contribution >= 4 is 16.9 Å². The van der Waals surface area contributed by atoms with Gasteiger partial charge in [0.25, 0.3) is 6.43 Å². The Morgan fingerprint density at radius 1 is 1.22 bits per heavy atom. The number of benzene rings is 1. The molecule has 0 bridgehead atoms. The van der Waals surface area contributed by atoms with Crippen LogP contribution in [0.15, 0.2) is 24.7 Å². The number of nitrogen functional groups attached to an aromatic ring is 1. The van der Waals surface area contributed by atoms with Crippen LogP contribution in [0.5, 0.6) is 5.75 Å². The molecule has 1 fully saturated rings. The lowest BCUT2D eigenvalue weighted by molar-refractivity contribution is -0.0167. The number of anilines is 1. The van der Waals surface area contributed by atoms with Crippen LogP contribution in [0.4, 0.5) is 19.0 Å². The monoisotopic (exact) mass is 449 g/mol. The number of nitrogens with one attached hydrogen (secondary N) is 1. The maximum Gasteiger partial charge on any atom is 0.263 e. The molecule has 5 rings (SSSR count). The number of ether oxygens (including phenoxy) is 1. The molecule has 5 N–H and O–H groups in total. The molecule has 4 atom stereocenters. The molecule has 11 heteroatoms. The van der Waals surface area contributed by atoms with Gasteiger partial charge in [0.2, 0.25) is 0 Å². The van der Waals surface area contributed by atoms with E-state index in [9.17, 15) is 23.4 Å². The summed E-state index contributed by atoms with van der Waals surface area (Å²) in [4.78, 5) is 7.86. The Balaban J connectivity index is 1.48. The van der Waals surface area contributed by atoms with E-state index >= 15 is 0 Å². The minimum atomic E-state index is -2.66. The van der Waals surface area contributed by atoms with Gasteiger partial charge in [0.05, 0.1) is 11.4 Å². The first-order chi connectivity index (χ1) is 15.3. The molecular formula is C21H22F3N5O3. The van der Waals surface area contributed by atoms with Crippen molar-refractivity contribution in [2.45, 2.75) is 50.2 Å². The molecule has 170 valence electrons. The highest BCUT2D eigenvalue weighted by Gasteiger charge is 2.45. The molecule has 32 heavy (non-hydrogen) atoms. The Kier molecular flexibility index (Phi) is 5.19. The minimum absolute atomic E-state index is 0.0309. The Morgan fingerprint density at radius 2 is 2.03 bits per heavy atom. The maximum absolute atomic E-state index is 14.5. The summed E-state index contributed by atoms with van der Waals surface area (Å²) in [6, 6.07) is 2.00. The van der Waals surface area contributed by atoms with E-state index in [2.05, 4.69) is 15.3 Å². The van der Waals surface area contributed by atoms with Crippen molar-refractivity contribution in [1.29, 1.82) is 0 Å². The van der Waals surface area contributed by atoms with Gasteiger partial charge in [0, 0.05) is 30.3 Å². The summed E-state index contributed by atoms with van der Waals surface area (Å²) in [5.74, 6) is -0.430. The van der Waals surface area contributed by atoms with Gasteiger partial charge in [-0.1, -0.05) is 0 Å². The fourth-order valence-electron chi connectivity index (χ4n) is 4.66. The second-order valence-corrected chi connectivity index (χ2v) is 8.17. The molecule has 3 aromatic rings. The molecule has 0 amide bonds. The zero-order valence-electron chi connectivity index (χ0n) is 16.9. The Morgan fingerprint density at radius 3 is 2.81 bits per heavy atom. The highest BCUT2D eigenvalue weighted by atomic mass is 19.3. The molecule has 3 heterocycles. The van der Waals surface area contributed by atoms with E-state index < -0.39 is 36.6 Å². The summed E-state index contributed by atoms with van der Waals surface area (Å²) < 4.78 is 48.7. The van der Waals surface area contributed by atoms with Crippen molar-refractivity contribution in [2.75, 3.05) is 12.3 Å². The van der Waals surface area contributed by atoms with Crippen LogP contribution in [0.2, 0.25) is 0 Å². The highest BCUT2D eigenvalue weighted by molar-refractivity contribution is 5.86. The van der Waals surface area contributed by atoms with Crippen LogP contribution in [-0.4, -0.2) is 49.6 Å². The number of hydrogen-bond donors (Lipinski definition) is 4. The van der Waals surface area contributed by atoms with Crippen molar-refractivity contribution in [1.82, 2.24) is 19.9 Å². The second-order valence-electron chi connectivity index (χ2n) is 8.17. The number of halogens is 3. The number of alkyl halides is 2. The van der Waals surface area contributed by atoms with E-state index in [-0.39, 0.29) is 34.6 Å². The van der Waals surface area contributed by atoms with Crippen molar-refractivity contribution in [3.8, 4) is 5.75 Å². The van der Waals surface area contributed by atoms with Crippen LogP contribution >= 0.6 is 0 Å². The van der Waals surface area contributed by atoms with Crippen LogP contribution in [-0.2, 0) is 13.0 Å². The van der Waals surface area contributed by atoms with E-state index in [1.807, 2.05) is 0 Å². The first kappa shape index (κ1) is 21.0. The van der Waals surface area contributed by atoms with Crippen LogP contribution in [0, 0.1) is 5.82 Å². The number of nitrogens with zero attached hydrogens (tertiary/aromatic N) is 3. The predicted molar refractivity (Wildman–Crippen MR) is 109 cm³/mol. The lowest BCUT2D eigenvalue weighted by Crippen LogP contribution is -2.35. The summed E-state index contributed by atoms with van der Waals surface area (Å²) in [7, 11) is 0. The topological polar surface area (TPSA) is 118 Å². The molecule has 4 unspecified atom stereocenters. The van der Waals surface area contributed by atoms with Crippen LogP contribution < -0.4 is 15.8 Å². The molecule has 0 saturated heterocycles. The third kappa shape index (κ3) is 3.37. The number of rotatable bonds is 4. The second kappa shape index (κ2) is 7.91.